The largest absolute Gasteiger partial charge is 0.465 e. The molecule has 2 heterocycles. The van der Waals surface area contributed by atoms with Crippen molar-refractivity contribution >= 4 is 12.1 Å². The molecule has 0 aliphatic rings. The van der Waals surface area contributed by atoms with Gasteiger partial charge >= 0.3 is 12.1 Å². The Balaban J connectivity index is 2.25. The lowest BCUT2D eigenvalue weighted by molar-refractivity contribution is 0.0513. The summed E-state index contributed by atoms with van der Waals surface area (Å²) in [4.78, 5) is 27.4. The lowest BCUT2D eigenvalue weighted by atomic mass is 10.1. The molecule has 2 aromatic rings. The van der Waals surface area contributed by atoms with Gasteiger partial charge in [0.05, 0.1) is 18.9 Å². The van der Waals surface area contributed by atoms with Crippen LogP contribution in [0.25, 0.3) is 11.1 Å². The van der Waals surface area contributed by atoms with Gasteiger partial charge < -0.3 is 9.47 Å². The van der Waals surface area contributed by atoms with Crippen molar-refractivity contribution in [1.29, 1.82) is 0 Å². The summed E-state index contributed by atoms with van der Waals surface area (Å²) in [6.07, 6.45) is 5.43. The van der Waals surface area contributed by atoms with Gasteiger partial charge in [-0.2, -0.15) is 9.78 Å². The third-order valence-electron chi connectivity index (χ3n) is 2.66. The van der Waals surface area contributed by atoms with Gasteiger partial charge in [-0.05, 0) is 26.8 Å². The van der Waals surface area contributed by atoms with Crippen LogP contribution in [0.15, 0.2) is 30.9 Å². The van der Waals surface area contributed by atoms with Crippen molar-refractivity contribution < 1.29 is 19.1 Å². The van der Waals surface area contributed by atoms with E-state index in [1.807, 2.05) is 0 Å². The van der Waals surface area contributed by atoms with Gasteiger partial charge in [0, 0.05) is 29.7 Å². The van der Waals surface area contributed by atoms with Crippen LogP contribution < -0.4 is 0 Å². The van der Waals surface area contributed by atoms with Crippen LogP contribution in [-0.4, -0.2) is 39.5 Å². The molecule has 2 aromatic heterocycles. The summed E-state index contributed by atoms with van der Waals surface area (Å²) >= 11 is 0. The predicted octanol–water partition coefficient (Wildman–Crippen LogP) is 2.51. The number of nitrogens with zero attached hydrogens (tertiary/aromatic N) is 3. The molecule has 0 radical (unpaired) electrons. The van der Waals surface area contributed by atoms with E-state index in [1.54, 1.807) is 33.0 Å². The second kappa shape index (κ2) is 5.97. The minimum Gasteiger partial charge on any atom is -0.465 e. The fourth-order valence-corrected chi connectivity index (χ4v) is 1.71. The number of carbonyl (C=O) groups is 2. The molecule has 0 saturated carbocycles. The Hall–Kier alpha value is -2.70. The van der Waals surface area contributed by atoms with Crippen molar-refractivity contribution in [3.8, 4) is 11.1 Å². The van der Waals surface area contributed by atoms with E-state index >= 15 is 0 Å². The number of pyridine rings is 1. The number of methoxy groups -OCH3 is 1. The Labute approximate surface area is 127 Å². The maximum absolute atomic E-state index is 11.9. The van der Waals surface area contributed by atoms with Gasteiger partial charge in [0.2, 0.25) is 0 Å². The molecular formula is C15H17N3O4. The zero-order valence-corrected chi connectivity index (χ0v) is 12.9. The third kappa shape index (κ3) is 3.69. The Morgan fingerprint density at radius 3 is 2.50 bits per heavy atom. The smallest absolute Gasteiger partial charge is 0.435 e. The van der Waals surface area contributed by atoms with Gasteiger partial charge in [0.15, 0.2) is 0 Å². The Kier molecular flexibility index (Phi) is 4.25. The monoisotopic (exact) mass is 303 g/mol. The quantitative estimate of drug-likeness (QED) is 0.793. The van der Waals surface area contributed by atoms with E-state index < -0.39 is 17.7 Å². The Morgan fingerprint density at radius 2 is 1.86 bits per heavy atom. The van der Waals surface area contributed by atoms with Gasteiger partial charge in [-0.25, -0.2) is 9.59 Å². The summed E-state index contributed by atoms with van der Waals surface area (Å²) in [6, 6.07) is 1.62. The van der Waals surface area contributed by atoms with E-state index in [1.165, 1.54) is 25.7 Å². The predicted molar refractivity (Wildman–Crippen MR) is 78.4 cm³/mol. The lowest BCUT2D eigenvalue weighted by Crippen LogP contribution is -2.27. The first kappa shape index (κ1) is 15.7. The molecule has 0 saturated heterocycles. The van der Waals surface area contributed by atoms with Crippen LogP contribution in [0.5, 0.6) is 0 Å². The Morgan fingerprint density at radius 1 is 1.14 bits per heavy atom. The van der Waals surface area contributed by atoms with Crippen LogP contribution in [0, 0.1) is 0 Å². The van der Waals surface area contributed by atoms with Crippen molar-refractivity contribution in [2.45, 2.75) is 26.4 Å². The second-order valence-corrected chi connectivity index (χ2v) is 5.61. The highest BCUT2D eigenvalue weighted by molar-refractivity contribution is 5.90. The molecule has 7 heteroatoms. The first-order chi connectivity index (χ1) is 10.3. The molecule has 0 atom stereocenters. The van der Waals surface area contributed by atoms with Crippen molar-refractivity contribution in [1.82, 2.24) is 14.8 Å². The minimum atomic E-state index is -0.602. The highest BCUT2D eigenvalue weighted by Crippen LogP contribution is 2.19. The van der Waals surface area contributed by atoms with Gasteiger partial charge in [-0.15, -0.1) is 0 Å². The molecule has 0 bridgehead atoms. The zero-order valence-electron chi connectivity index (χ0n) is 12.9. The van der Waals surface area contributed by atoms with Crippen LogP contribution in [0.3, 0.4) is 0 Å². The molecule has 0 fully saturated rings. The molecule has 0 aromatic carbocycles. The van der Waals surface area contributed by atoms with Crippen molar-refractivity contribution in [2.24, 2.45) is 0 Å². The number of rotatable bonds is 2. The summed E-state index contributed by atoms with van der Waals surface area (Å²) in [6.45, 7) is 5.33. The molecule has 0 spiro atoms. The Bertz CT molecular complexity index is 701. The van der Waals surface area contributed by atoms with Gasteiger partial charge in [0.1, 0.15) is 5.60 Å². The molecule has 116 valence electrons. The summed E-state index contributed by atoms with van der Waals surface area (Å²) in [5.41, 5.74) is 1.02. The van der Waals surface area contributed by atoms with Crippen LogP contribution in [0.2, 0.25) is 0 Å². The SMILES string of the molecule is COC(=O)c1cncc(-c2cnn(C(=O)OC(C)(C)C)c2)c1. The summed E-state index contributed by atoms with van der Waals surface area (Å²) < 4.78 is 11.0. The maximum Gasteiger partial charge on any atom is 0.435 e. The number of aromatic nitrogens is 3. The first-order valence-electron chi connectivity index (χ1n) is 6.62. The van der Waals surface area contributed by atoms with Crippen LogP contribution in [-0.2, 0) is 9.47 Å². The van der Waals surface area contributed by atoms with E-state index in [0.717, 1.165) is 4.68 Å². The van der Waals surface area contributed by atoms with E-state index in [9.17, 15) is 9.59 Å². The molecule has 0 N–H and O–H groups in total. The zero-order chi connectivity index (χ0) is 16.3. The van der Waals surface area contributed by atoms with E-state index in [4.69, 9.17) is 4.74 Å². The molecule has 0 amide bonds. The molecule has 22 heavy (non-hydrogen) atoms. The number of hydrogen-bond acceptors (Lipinski definition) is 6. The standard InChI is InChI=1S/C15H17N3O4/c1-15(2,3)22-14(20)18-9-12(8-17-18)10-5-11(7-16-6-10)13(19)21-4/h5-9H,1-4H3. The number of ether oxygens (including phenoxy) is 2. The topological polar surface area (TPSA) is 83.3 Å². The molecule has 2 rings (SSSR count). The van der Waals surface area contributed by atoms with Gasteiger partial charge in [0.25, 0.3) is 0 Å². The van der Waals surface area contributed by atoms with E-state index in [2.05, 4.69) is 14.8 Å². The summed E-state index contributed by atoms with van der Waals surface area (Å²) in [7, 11) is 1.30. The van der Waals surface area contributed by atoms with E-state index in [0.29, 0.717) is 16.7 Å². The van der Waals surface area contributed by atoms with Gasteiger partial charge in [-0.3, -0.25) is 4.98 Å². The first-order valence-corrected chi connectivity index (χ1v) is 6.62. The fraction of sp³-hybridized carbons (Fsp3) is 0.333. The van der Waals surface area contributed by atoms with Crippen molar-refractivity contribution in [2.75, 3.05) is 7.11 Å². The van der Waals surface area contributed by atoms with Crippen LogP contribution >= 0.6 is 0 Å². The second-order valence-electron chi connectivity index (χ2n) is 5.61. The number of hydrogen-bond donors (Lipinski definition) is 0. The van der Waals surface area contributed by atoms with Gasteiger partial charge in [-0.1, -0.05) is 0 Å². The van der Waals surface area contributed by atoms with Crippen LogP contribution in [0.4, 0.5) is 4.79 Å². The number of carbonyl (C=O) groups excluding carboxylic acids is 2. The molecular weight excluding hydrogens is 286 g/mol. The average molecular weight is 303 g/mol. The van der Waals surface area contributed by atoms with E-state index in [-0.39, 0.29) is 0 Å². The third-order valence-corrected chi connectivity index (χ3v) is 2.66. The molecule has 0 aliphatic carbocycles. The van der Waals surface area contributed by atoms with Crippen molar-refractivity contribution in [3.63, 3.8) is 0 Å². The lowest BCUT2D eigenvalue weighted by Gasteiger charge is -2.18. The minimum absolute atomic E-state index is 0.324. The normalized spacial score (nSPS) is 11.1. The number of esters is 1. The van der Waals surface area contributed by atoms with Crippen LogP contribution in [0.1, 0.15) is 31.1 Å². The molecule has 0 aliphatic heterocycles. The fourth-order valence-electron chi connectivity index (χ4n) is 1.71. The maximum atomic E-state index is 11.9. The molecule has 7 nitrogen and oxygen atoms in total. The summed E-state index contributed by atoms with van der Waals surface area (Å²) in [5.74, 6) is -0.478. The average Bonchev–Trinajstić information content (AvgIpc) is 2.95. The summed E-state index contributed by atoms with van der Waals surface area (Å²) in [5, 5.41) is 3.97. The highest BCUT2D eigenvalue weighted by atomic mass is 16.6. The van der Waals surface area contributed by atoms with Crippen molar-refractivity contribution in [3.05, 3.63) is 36.4 Å². The molecule has 0 unspecified atom stereocenters. The highest BCUT2D eigenvalue weighted by Gasteiger charge is 2.19.